The van der Waals surface area contributed by atoms with Gasteiger partial charge < -0.3 is 5.32 Å². The summed E-state index contributed by atoms with van der Waals surface area (Å²) >= 11 is 1.95. The molecule has 1 heterocycles. The zero-order valence-electron chi connectivity index (χ0n) is 13.1. The number of aryl methyl sites for hydroxylation is 1. The summed E-state index contributed by atoms with van der Waals surface area (Å²) < 4.78 is 26.5. The van der Waals surface area contributed by atoms with Gasteiger partial charge in [0, 0.05) is 17.5 Å². The molecule has 4 nitrogen and oxygen atoms in total. The summed E-state index contributed by atoms with van der Waals surface area (Å²) in [7, 11) is -1.98. The molecule has 0 radical (unpaired) electrons. The zero-order valence-corrected chi connectivity index (χ0v) is 14.7. The molecule has 1 aliphatic rings. The van der Waals surface area contributed by atoms with Crippen LogP contribution < -0.4 is 10.0 Å². The van der Waals surface area contributed by atoms with Crippen LogP contribution in [0.4, 0.5) is 5.69 Å². The molecule has 0 amide bonds. The Bertz CT molecular complexity index is 612. The van der Waals surface area contributed by atoms with Gasteiger partial charge >= 0.3 is 0 Å². The molecule has 0 spiro atoms. The van der Waals surface area contributed by atoms with E-state index in [1.165, 1.54) is 19.2 Å². The topological polar surface area (TPSA) is 58.2 Å². The first-order valence-corrected chi connectivity index (χ1v) is 9.78. The second-order valence-corrected chi connectivity index (χ2v) is 9.20. The summed E-state index contributed by atoms with van der Waals surface area (Å²) in [6.07, 6.45) is 1.17. The number of anilines is 1. The number of sulfonamides is 1. The lowest BCUT2D eigenvalue weighted by Gasteiger charge is -2.39. The van der Waals surface area contributed by atoms with Crippen LogP contribution in [0.3, 0.4) is 0 Å². The van der Waals surface area contributed by atoms with Gasteiger partial charge in [0.1, 0.15) is 0 Å². The summed E-state index contributed by atoms with van der Waals surface area (Å²) in [6, 6.07) is 5.90. The maximum Gasteiger partial charge on any atom is 0.240 e. The summed E-state index contributed by atoms with van der Waals surface area (Å²) in [5.74, 6) is 2.24. The van der Waals surface area contributed by atoms with Crippen molar-refractivity contribution in [2.45, 2.75) is 38.1 Å². The van der Waals surface area contributed by atoms with Crippen LogP contribution in [0.25, 0.3) is 0 Å². The second-order valence-electron chi connectivity index (χ2n) is 6.20. The molecule has 21 heavy (non-hydrogen) atoms. The molecule has 1 aromatic rings. The van der Waals surface area contributed by atoms with Gasteiger partial charge in [-0.2, -0.15) is 11.8 Å². The first-order chi connectivity index (χ1) is 9.76. The lowest BCUT2D eigenvalue weighted by atomic mass is 9.82. The van der Waals surface area contributed by atoms with Crippen molar-refractivity contribution in [3.05, 3.63) is 23.8 Å². The number of thioether (sulfide) groups is 1. The van der Waals surface area contributed by atoms with Gasteiger partial charge in [0.2, 0.25) is 10.0 Å². The molecule has 2 rings (SSSR count). The molecular weight excluding hydrogens is 304 g/mol. The predicted octanol–water partition coefficient (Wildman–Crippen LogP) is 2.85. The van der Waals surface area contributed by atoms with E-state index < -0.39 is 10.0 Å². The molecule has 1 fully saturated rings. The number of benzene rings is 1. The van der Waals surface area contributed by atoms with Gasteiger partial charge in [-0.1, -0.05) is 19.9 Å². The van der Waals surface area contributed by atoms with Crippen LogP contribution in [-0.2, 0) is 10.0 Å². The highest BCUT2D eigenvalue weighted by molar-refractivity contribution is 7.99. The average molecular weight is 329 g/mol. The number of rotatable bonds is 4. The Balaban J connectivity index is 2.28. The van der Waals surface area contributed by atoms with Crippen molar-refractivity contribution < 1.29 is 8.42 Å². The monoisotopic (exact) mass is 328 g/mol. The van der Waals surface area contributed by atoms with Crippen molar-refractivity contribution in [2.24, 2.45) is 5.41 Å². The highest BCUT2D eigenvalue weighted by atomic mass is 32.2. The van der Waals surface area contributed by atoms with E-state index in [1.54, 1.807) is 6.07 Å². The van der Waals surface area contributed by atoms with Gasteiger partial charge in [-0.15, -0.1) is 0 Å². The number of hydrogen-bond donors (Lipinski definition) is 2. The smallest absolute Gasteiger partial charge is 0.240 e. The standard InChI is InChI=1S/C15H24N2O2S2/c1-11-5-6-12(9-13(11)21(18,19)16-4)17-14-10-20-8-7-15(14,2)3/h5-6,9,14,16-17H,7-8,10H2,1-4H3. The average Bonchev–Trinajstić information content (AvgIpc) is 2.43. The third-order valence-electron chi connectivity index (χ3n) is 4.21. The maximum atomic E-state index is 12.1. The first kappa shape index (κ1) is 16.6. The van der Waals surface area contributed by atoms with E-state index in [-0.39, 0.29) is 5.41 Å². The van der Waals surface area contributed by atoms with E-state index in [9.17, 15) is 8.42 Å². The minimum atomic E-state index is -3.42. The maximum absolute atomic E-state index is 12.1. The van der Waals surface area contributed by atoms with Crippen LogP contribution in [0.1, 0.15) is 25.8 Å². The van der Waals surface area contributed by atoms with Crippen LogP contribution in [0.2, 0.25) is 0 Å². The molecule has 1 unspecified atom stereocenters. The quantitative estimate of drug-likeness (QED) is 0.892. The minimum absolute atomic E-state index is 0.220. The molecule has 1 saturated heterocycles. The van der Waals surface area contributed by atoms with Gasteiger partial charge in [-0.3, -0.25) is 0 Å². The zero-order chi connectivity index (χ0) is 15.7. The van der Waals surface area contributed by atoms with E-state index in [2.05, 4.69) is 23.9 Å². The Kier molecular flexibility index (Phi) is 4.90. The molecule has 0 saturated carbocycles. The number of nitrogens with one attached hydrogen (secondary N) is 2. The van der Waals surface area contributed by atoms with Crippen molar-refractivity contribution in [1.29, 1.82) is 0 Å². The summed E-state index contributed by atoms with van der Waals surface area (Å²) in [5.41, 5.74) is 1.85. The Morgan fingerprint density at radius 1 is 1.33 bits per heavy atom. The molecule has 6 heteroatoms. The van der Waals surface area contributed by atoms with Crippen LogP contribution in [-0.4, -0.2) is 33.0 Å². The van der Waals surface area contributed by atoms with Crippen LogP contribution in [0.15, 0.2) is 23.1 Å². The normalized spacial score (nSPS) is 22.0. The lowest BCUT2D eigenvalue weighted by Crippen LogP contribution is -2.41. The van der Waals surface area contributed by atoms with Crippen molar-refractivity contribution >= 4 is 27.5 Å². The fourth-order valence-corrected chi connectivity index (χ4v) is 5.07. The van der Waals surface area contributed by atoms with Gasteiger partial charge in [0.15, 0.2) is 0 Å². The van der Waals surface area contributed by atoms with Crippen molar-refractivity contribution in [3.8, 4) is 0 Å². The third-order valence-corrected chi connectivity index (χ3v) is 6.82. The predicted molar refractivity (Wildman–Crippen MR) is 90.6 cm³/mol. The van der Waals surface area contributed by atoms with E-state index in [0.29, 0.717) is 10.9 Å². The minimum Gasteiger partial charge on any atom is -0.381 e. The van der Waals surface area contributed by atoms with Gasteiger partial charge in [-0.05, 0) is 49.3 Å². The van der Waals surface area contributed by atoms with E-state index >= 15 is 0 Å². The Labute approximate surface area is 132 Å². The fraction of sp³-hybridized carbons (Fsp3) is 0.600. The third kappa shape index (κ3) is 3.73. The molecule has 2 N–H and O–H groups in total. The molecule has 118 valence electrons. The highest BCUT2D eigenvalue weighted by Crippen LogP contribution is 2.36. The SMILES string of the molecule is CNS(=O)(=O)c1cc(NC2CSCCC2(C)C)ccc1C. The van der Waals surface area contributed by atoms with E-state index in [1.807, 2.05) is 30.8 Å². The van der Waals surface area contributed by atoms with E-state index in [0.717, 1.165) is 17.0 Å². The van der Waals surface area contributed by atoms with Crippen LogP contribution in [0.5, 0.6) is 0 Å². The highest BCUT2D eigenvalue weighted by Gasteiger charge is 2.32. The Morgan fingerprint density at radius 3 is 2.67 bits per heavy atom. The molecule has 0 aliphatic carbocycles. The fourth-order valence-electron chi connectivity index (χ4n) is 2.46. The Morgan fingerprint density at radius 2 is 2.05 bits per heavy atom. The largest absolute Gasteiger partial charge is 0.381 e. The molecule has 0 aromatic heterocycles. The summed E-state index contributed by atoms with van der Waals surface area (Å²) in [4.78, 5) is 0.344. The van der Waals surface area contributed by atoms with Gasteiger partial charge in [0.05, 0.1) is 4.90 Å². The van der Waals surface area contributed by atoms with Crippen LogP contribution in [0, 0.1) is 12.3 Å². The van der Waals surface area contributed by atoms with Crippen molar-refractivity contribution in [2.75, 3.05) is 23.9 Å². The lowest BCUT2D eigenvalue weighted by molar-refractivity contribution is 0.305. The Hall–Kier alpha value is -0.720. The molecular formula is C15H24N2O2S2. The molecule has 1 atom stereocenters. The first-order valence-electron chi connectivity index (χ1n) is 7.15. The van der Waals surface area contributed by atoms with Gasteiger partial charge in [-0.25, -0.2) is 13.1 Å². The molecule has 1 aromatic carbocycles. The van der Waals surface area contributed by atoms with Crippen molar-refractivity contribution in [1.82, 2.24) is 4.72 Å². The summed E-state index contributed by atoms with van der Waals surface area (Å²) in [5, 5.41) is 3.52. The van der Waals surface area contributed by atoms with Crippen molar-refractivity contribution in [3.63, 3.8) is 0 Å². The molecule has 0 bridgehead atoms. The van der Waals surface area contributed by atoms with Crippen LogP contribution >= 0.6 is 11.8 Å². The second kappa shape index (κ2) is 6.18. The van der Waals surface area contributed by atoms with E-state index in [4.69, 9.17) is 0 Å². The number of hydrogen-bond acceptors (Lipinski definition) is 4. The summed E-state index contributed by atoms with van der Waals surface area (Å²) in [6.45, 7) is 6.35. The van der Waals surface area contributed by atoms with Gasteiger partial charge in [0.25, 0.3) is 0 Å². The molecule has 1 aliphatic heterocycles.